The number of hydrogen-bond donors (Lipinski definition) is 2. The lowest BCUT2D eigenvalue weighted by Crippen LogP contribution is -2.32. The summed E-state index contributed by atoms with van der Waals surface area (Å²) >= 11 is 0. The maximum Gasteiger partial charge on any atom is 0.387 e. The molecule has 7 heteroatoms. The normalized spacial score (nSPS) is 12.0. The summed E-state index contributed by atoms with van der Waals surface area (Å²) in [5.74, 6) is -0.640. The summed E-state index contributed by atoms with van der Waals surface area (Å²) in [6, 6.07) is 12.6. The van der Waals surface area contributed by atoms with E-state index in [2.05, 4.69) is 15.4 Å². The smallest absolute Gasteiger partial charge is 0.387 e. The monoisotopic (exact) mass is 388 g/mol. The minimum absolute atomic E-state index is 0.0215. The van der Waals surface area contributed by atoms with Crippen molar-refractivity contribution in [3.05, 3.63) is 65.7 Å². The molecular formula is C21H22F2N2O3. The van der Waals surface area contributed by atoms with E-state index in [1.54, 1.807) is 36.4 Å². The van der Waals surface area contributed by atoms with Crippen LogP contribution in [-0.4, -0.2) is 24.5 Å². The highest BCUT2D eigenvalue weighted by Gasteiger charge is 2.13. The number of amides is 2. The zero-order valence-electron chi connectivity index (χ0n) is 15.6. The molecule has 0 aromatic heterocycles. The molecule has 5 nitrogen and oxygen atoms in total. The van der Waals surface area contributed by atoms with Crippen molar-refractivity contribution in [2.24, 2.45) is 0 Å². The molecule has 2 N–H and O–H groups in total. The zero-order chi connectivity index (χ0) is 20.5. The summed E-state index contributed by atoms with van der Waals surface area (Å²) in [6.45, 7) is 0.986. The first-order chi connectivity index (χ1) is 13.4. The molecule has 0 heterocycles. The van der Waals surface area contributed by atoms with E-state index in [0.29, 0.717) is 16.8 Å². The van der Waals surface area contributed by atoms with Crippen molar-refractivity contribution in [2.75, 3.05) is 5.32 Å². The standard InChI is InChI=1S/C21H22F2N2O3/c1-3-14(2)24-20(27)17-6-4-5-7-18(17)25-19(26)13-10-15-8-11-16(12-9-15)28-21(22)23/h4-14,21H,3H2,1-2H3,(H,24,27)(H,25,26)/b13-10+/t14-/m1/s1. The number of benzene rings is 2. The number of ether oxygens (including phenoxy) is 1. The van der Waals surface area contributed by atoms with Gasteiger partial charge in [0.15, 0.2) is 0 Å². The predicted octanol–water partition coefficient (Wildman–Crippen LogP) is 4.47. The number of carbonyl (C=O) groups excluding carboxylic acids is 2. The number of rotatable bonds is 8. The van der Waals surface area contributed by atoms with E-state index in [1.165, 1.54) is 24.3 Å². The number of hydrogen-bond acceptors (Lipinski definition) is 3. The highest BCUT2D eigenvalue weighted by Crippen LogP contribution is 2.17. The number of anilines is 1. The van der Waals surface area contributed by atoms with Crippen LogP contribution < -0.4 is 15.4 Å². The quantitative estimate of drug-likeness (QED) is 0.656. The molecular weight excluding hydrogens is 366 g/mol. The van der Waals surface area contributed by atoms with Gasteiger partial charge in [-0.3, -0.25) is 9.59 Å². The third-order valence-electron chi connectivity index (χ3n) is 3.95. The molecule has 0 aliphatic carbocycles. The van der Waals surface area contributed by atoms with E-state index in [-0.39, 0.29) is 17.7 Å². The Kier molecular flexibility index (Phi) is 7.68. The molecule has 0 bridgehead atoms. The van der Waals surface area contributed by atoms with Crippen molar-refractivity contribution >= 4 is 23.6 Å². The molecule has 0 aliphatic rings. The zero-order valence-corrected chi connectivity index (χ0v) is 15.6. The molecule has 0 saturated carbocycles. The summed E-state index contributed by atoms with van der Waals surface area (Å²) < 4.78 is 28.6. The van der Waals surface area contributed by atoms with Crippen molar-refractivity contribution in [3.8, 4) is 5.75 Å². The van der Waals surface area contributed by atoms with Gasteiger partial charge in [-0.2, -0.15) is 8.78 Å². The summed E-state index contributed by atoms with van der Waals surface area (Å²) in [5.41, 5.74) is 1.41. The largest absolute Gasteiger partial charge is 0.435 e. The van der Waals surface area contributed by atoms with Gasteiger partial charge in [0.2, 0.25) is 5.91 Å². The Morgan fingerprint density at radius 2 is 1.79 bits per heavy atom. The lowest BCUT2D eigenvalue weighted by Gasteiger charge is -2.14. The van der Waals surface area contributed by atoms with Gasteiger partial charge in [-0.1, -0.05) is 31.2 Å². The van der Waals surface area contributed by atoms with Crippen molar-refractivity contribution in [2.45, 2.75) is 32.9 Å². The molecule has 2 aromatic carbocycles. The fourth-order valence-electron chi connectivity index (χ4n) is 2.30. The topological polar surface area (TPSA) is 67.4 Å². The molecule has 2 rings (SSSR count). The van der Waals surface area contributed by atoms with Crippen LogP contribution in [0.1, 0.15) is 36.2 Å². The second-order valence-electron chi connectivity index (χ2n) is 6.10. The first-order valence-corrected chi connectivity index (χ1v) is 8.83. The van der Waals surface area contributed by atoms with Crippen molar-refractivity contribution < 1.29 is 23.1 Å². The van der Waals surface area contributed by atoms with Gasteiger partial charge in [0.25, 0.3) is 5.91 Å². The summed E-state index contributed by atoms with van der Waals surface area (Å²) in [7, 11) is 0. The van der Waals surface area contributed by atoms with Crippen LogP contribution in [-0.2, 0) is 4.79 Å². The first kappa shape index (κ1) is 21.1. The number of alkyl halides is 2. The Morgan fingerprint density at radius 3 is 2.43 bits per heavy atom. The van der Waals surface area contributed by atoms with E-state index >= 15 is 0 Å². The van der Waals surface area contributed by atoms with E-state index in [0.717, 1.165) is 6.42 Å². The average Bonchev–Trinajstić information content (AvgIpc) is 2.67. The van der Waals surface area contributed by atoms with Gasteiger partial charge in [-0.25, -0.2) is 0 Å². The molecule has 0 fully saturated rings. The molecule has 2 amide bonds. The van der Waals surface area contributed by atoms with Gasteiger partial charge < -0.3 is 15.4 Å². The van der Waals surface area contributed by atoms with E-state index in [9.17, 15) is 18.4 Å². The van der Waals surface area contributed by atoms with Gasteiger partial charge in [0.05, 0.1) is 11.3 Å². The molecule has 0 saturated heterocycles. The molecule has 0 aliphatic heterocycles. The first-order valence-electron chi connectivity index (χ1n) is 8.83. The highest BCUT2D eigenvalue weighted by atomic mass is 19.3. The lowest BCUT2D eigenvalue weighted by atomic mass is 10.1. The van der Waals surface area contributed by atoms with Crippen molar-refractivity contribution in [1.82, 2.24) is 5.32 Å². The molecule has 0 spiro atoms. The third kappa shape index (κ3) is 6.50. The number of carbonyl (C=O) groups is 2. The van der Waals surface area contributed by atoms with Gasteiger partial charge in [-0.15, -0.1) is 0 Å². The molecule has 0 radical (unpaired) electrons. The van der Waals surface area contributed by atoms with Crippen LogP contribution in [0.2, 0.25) is 0 Å². The maximum absolute atomic E-state index is 12.4. The predicted molar refractivity (Wildman–Crippen MR) is 104 cm³/mol. The van der Waals surface area contributed by atoms with Crippen LogP contribution in [0.5, 0.6) is 5.75 Å². The van der Waals surface area contributed by atoms with Crippen molar-refractivity contribution in [1.29, 1.82) is 0 Å². The summed E-state index contributed by atoms with van der Waals surface area (Å²) in [5, 5.41) is 5.54. The number of para-hydroxylation sites is 1. The van der Waals surface area contributed by atoms with Crippen molar-refractivity contribution in [3.63, 3.8) is 0 Å². The average molecular weight is 388 g/mol. The van der Waals surface area contributed by atoms with Gasteiger partial charge in [0, 0.05) is 12.1 Å². The maximum atomic E-state index is 12.4. The molecule has 28 heavy (non-hydrogen) atoms. The highest BCUT2D eigenvalue weighted by molar-refractivity contribution is 6.07. The van der Waals surface area contributed by atoms with Crippen LogP contribution in [0.15, 0.2) is 54.6 Å². The second kappa shape index (κ2) is 10.2. The van der Waals surface area contributed by atoms with Crippen LogP contribution in [0.3, 0.4) is 0 Å². The number of nitrogens with one attached hydrogen (secondary N) is 2. The number of halogens is 2. The van der Waals surface area contributed by atoms with E-state index < -0.39 is 12.5 Å². The molecule has 1 atom stereocenters. The van der Waals surface area contributed by atoms with Gasteiger partial charge in [-0.05, 0) is 49.2 Å². The SMILES string of the molecule is CC[C@@H](C)NC(=O)c1ccccc1NC(=O)/C=C/c1ccc(OC(F)F)cc1. The Hall–Kier alpha value is -3.22. The van der Waals surface area contributed by atoms with Gasteiger partial charge in [0.1, 0.15) is 5.75 Å². The Morgan fingerprint density at radius 1 is 1.11 bits per heavy atom. The van der Waals surface area contributed by atoms with Gasteiger partial charge >= 0.3 is 6.61 Å². The lowest BCUT2D eigenvalue weighted by molar-refractivity contribution is -0.111. The minimum Gasteiger partial charge on any atom is -0.435 e. The van der Waals surface area contributed by atoms with Crippen LogP contribution >= 0.6 is 0 Å². The molecule has 0 unspecified atom stereocenters. The second-order valence-corrected chi connectivity index (χ2v) is 6.10. The summed E-state index contributed by atoms with van der Waals surface area (Å²) in [6.07, 6.45) is 3.62. The van der Waals surface area contributed by atoms with Crippen LogP contribution in [0, 0.1) is 0 Å². The van der Waals surface area contributed by atoms with E-state index in [1.807, 2.05) is 13.8 Å². The Labute approximate surface area is 162 Å². The van der Waals surface area contributed by atoms with Crippen LogP contribution in [0.25, 0.3) is 6.08 Å². The Balaban J connectivity index is 2.03. The Bertz CT molecular complexity index is 836. The summed E-state index contributed by atoms with van der Waals surface area (Å²) in [4.78, 5) is 24.6. The molecule has 148 valence electrons. The van der Waals surface area contributed by atoms with Crippen LogP contribution in [0.4, 0.5) is 14.5 Å². The van der Waals surface area contributed by atoms with E-state index in [4.69, 9.17) is 0 Å². The minimum atomic E-state index is -2.88. The third-order valence-corrected chi connectivity index (χ3v) is 3.95. The fourth-order valence-corrected chi connectivity index (χ4v) is 2.30. The molecule has 2 aromatic rings. The fraction of sp³-hybridized carbons (Fsp3) is 0.238.